The molecule has 7 heteroatoms. The summed E-state index contributed by atoms with van der Waals surface area (Å²) in [5.41, 5.74) is 0. The van der Waals surface area contributed by atoms with Crippen molar-refractivity contribution in [3.63, 3.8) is 0 Å². The normalized spacial score (nSPS) is 11.6. The highest BCUT2D eigenvalue weighted by atomic mass is 32.2. The molecule has 0 radical (unpaired) electrons. The summed E-state index contributed by atoms with van der Waals surface area (Å²) in [4.78, 5) is -0.398. The summed E-state index contributed by atoms with van der Waals surface area (Å²) in [5, 5.41) is 0.344. The molecular formula is C10H7O5PS. The van der Waals surface area contributed by atoms with Crippen LogP contribution in [0.1, 0.15) is 0 Å². The summed E-state index contributed by atoms with van der Waals surface area (Å²) in [6, 6.07) is 8.56. The summed E-state index contributed by atoms with van der Waals surface area (Å²) < 4.78 is 53.5. The van der Waals surface area contributed by atoms with Crippen molar-refractivity contribution in [2.45, 2.75) is 4.90 Å². The van der Waals surface area contributed by atoms with Crippen LogP contribution < -0.4 is 5.30 Å². The number of hydrogen-bond donors (Lipinski definition) is 1. The molecule has 0 unspecified atom stereocenters. The van der Waals surface area contributed by atoms with Gasteiger partial charge < -0.3 is 0 Å². The molecule has 1 N–H and O–H groups in total. The minimum atomic E-state index is -4.45. The Morgan fingerprint density at radius 3 is 2.12 bits per heavy atom. The van der Waals surface area contributed by atoms with Crippen molar-refractivity contribution in [1.82, 2.24) is 0 Å². The standard InChI is InChI=1S/C10H7O5PS/c11-16(12)8-5-1-3-7-4-2-6-9(10(7)8)17(13,14)15/h1-6H,(H,13,14,15). The molecule has 2 aromatic carbocycles. The molecule has 0 spiro atoms. The molecule has 0 saturated heterocycles. The predicted molar refractivity (Wildman–Crippen MR) is 61.7 cm³/mol. The van der Waals surface area contributed by atoms with Gasteiger partial charge in [0.1, 0.15) is 4.90 Å². The van der Waals surface area contributed by atoms with Crippen LogP contribution in [0.4, 0.5) is 0 Å². The Hall–Kier alpha value is -1.49. The molecule has 0 saturated carbocycles. The number of hydrogen-bond acceptors (Lipinski definition) is 4. The third-order valence-corrected chi connectivity index (χ3v) is 3.98. The zero-order valence-electron chi connectivity index (χ0n) is 8.40. The van der Waals surface area contributed by atoms with Gasteiger partial charge in [0.25, 0.3) is 10.1 Å². The molecule has 0 heterocycles. The zero-order valence-corrected chi connectivity index (χ0v) is 10.1. The summed E-state index contributed by atoms with van der Waals surface area (Å²) in [5.74, 6) is 0. The van der Waals surface area contributed by atoms with E-state index in [2.05, 4.69) is 0 Å². The van der Waals surface area contributed by atoms with Gasteiger partial charge in [-0.25, -0.2) is 9.13 Å². The monoisotopic (exact) mass is 270 g/mol. The van der Waals surface area contributed by atoms with E-state index in [4.69, 9.17) is 4.55 Å². The van der Waals surface area contributed by atoms with E-state index < -0.39 is 22.7 Å². The third-order valence-electron chi connectivity index (χ3n) is 2.32. The lowest BCUT2D eigenvalue weighted by Crippen LogP contribution is -2.05. The first kappa shape index (κ1) is 12.0. The van der Waals surface area contributed by atoms with Gasteiger partial charge in [0.2, 0.25) is 0 Å². The average molecular weight is 270 g/mol. The van der Waals surface area contributed by atoms with Crippen molar-refractivity contribution in [3.8, 4) is 0 Å². The largest absolute Gasteiger partial charge is 0.349 e. The minimum Gasteiger partial charge on any atom is -0.282 e. The molecule has 0 bridgehead atoms. The van der Waals surface area contributed by atoms with Gasteiger partial charge in [-0.15, -0.1) is 0 Å². The third kappa shape index (κ3) is 2.15. The highest BCUT2D eigenvalue weighted by Gasteiger charge is 2.17. The van der Waals surface area contributed by atoms with Crippen molar-refractivity contribution < 1.29 is 22.1 Å². The van der Waals surface area contributed by atoms with Crippen LogP contribution in [0, 0.1) is 0 Å². The van der Waals surface area contributed by atoms with Gasteiger partial charge in [-0.05, 0) is 17.5 Å². The average Bonchev–Trinajstić information content (AvgIpc) is 2.26. The number of rotatable bonds is 2. The Labute approximate surface area is 97.7 Å². The quantitative estimate of drug-likeness (QED) is 0.664. The van der Waals surface area contributed by atoms with Crippen molar-refractivity contribution >= 4 is 33.9 Å². The Morgan fingerprint density at radius 2 is 1.59 bits per heavy atom. The summed E-state index contributed by atoms with van der Waals surface area (Å²) >= 11 is 0. The summed E-state index contributed by atoms with van der Waals surface area (Å²) in [6.45, 7) is 0. The zero-order chi connectivity index (χ0) is 12.6. The second-order valence-electron chi connectivity index (χ2n) is 3.36. The molecule has 0 aliphatic carbocycles. The van der Waals surface area contributed by atoms with Crippen LogP contribution in [-0.2, 0) is 19.2 Å². The molecule has 0 fully saturated rings. The summed E-state index contributed by atoms with van der Waals surface area (Å²) in [6.07, 6.45) is 0. The van der Waals surface area contributed by atoms with Crippen LogP contribution in [0.5, 0.6) is 0 Å². The highest BCUT2D eigenvalue weighted by Crippen LogP contribution is 2.24. The van der Waals surface area contributed by atoms with E-state index in [0.29, 0.717) is 5.39 Å². The lowest BCUT2D eigenvalue weighted by atomic mass is 10.1. The molecule has 0 aliphatic heterocycles. The van der Waals surface area contributed by atoms with Crippen LogP contribution in [0.25, 0.3) is 10.8 Å². The maximum Gasteiger partial charge on any atom is 0.349 e. The van der Waals surface area contributed by atoms with Gasteiger partial charge in [-0.3, -0.25) is 4.55 Å². The van der Waals surface area contributed by atoms with Crippen molar-refractivity contribution in [2.75, 3.05) is 0 Å². The van der Waals surface area contributed by atoms with E-state index in [1.54, 1.807) is 12.1 Å². The molecule has 2 aromatic rings. The second-order valence-corrected chi connectivity index (χ2v) is 5.75. The van der Waals surface area contributed by atoms with Gasteiger partial charge in [-0.2, -0.15) is 8.42 Å². The molecule has 2 rings (SSSR count). The minimum absolute atomic E-state index is 0.0219. The van der Waals surface area contributed by atoms with Crippen molar-refractivity contribution in [2.24, 2.45) is 0 Å². The van der Waals surface area contributed by atoms with Crippen molar-refractivity contribution in [1.29, 1.82) is 0 Å². The van der Waals surface area contributed by atoms with E-state index in [-0.39, 0.29) is 10.7 Å². The van der Waals surface area contributed by atoms with E-state index in [0.717, 1.165) is 0 Å². The molecule has 0 atom stereocenters. The highest BCUT2D eigenvalue weighted by molar-refractivity contribution is 7.86. The van der Waals surface area contributed by atoms with E-state index in [1.165, 1.54) is 24.3 Å². The Balaban J connectivity index is 3.06. The molecular weight excluding hydrogens is 263 g/mol. The first-order valence-corrected chi connectivity index (χ1v) is 7.16. The first-order valence-electron chi connectivity index (χ1n) is 4.55. The Kier molecular flexibility index (Phi) is 2.87. The topological polar surface area (TPSA) is 88.5 Å². The van der Waals surface area contributed by atoms with Gasteiger partial charge in [0.15, 0.2) is 0 Å². The smallest absolute Gasteiger partial charge is 0.282 e. The number of fused-ring (bicyclic) bond motifs is 1. The fourth-order valence-corrected chi connectivity index (χ4v) is 3.11. The fraction of sp³-hybridized carbons (Fsp3) is 0. The second kappa shape index (κ2) is 4.07. The molecule has 88 valence electrons. The van der Waals surface area contributed by atoms with Crippen LogP contribution in [0.15, 0.2) is 41.3 Å². The molecule has 0 aromatic heterocycles. The van der Waals surface area contributed by atoms with Crippen molar-refractivity contribution in [3.05, 3.63) is 36.4 Å². The van der Waals surface area contributed by atoms with Crippen LogP contribution in [0.2, 0.25) is 0 Å². The lowest BCUT2D eigenvalue weighted by molar-refractivity contribution is 0.484. The van der Waals surface area contributed by atoms with Crippen LogP contribution in [-0.4, -0.2) is 13.0 Å². The van der Waals surface area contributed by atoms with Crippen LogP contribution >= 0.6 is 7.68 Å². The summed E-state index contributed by atoms with van der Waals surface area (Å²) in [7, 11) is -7.39. The van der Waals surface area contributed by atoms with E-state index >= 15 is 0 Å². The molecule has 17 heavy (non-hydrogen) atoms. The predicted octanol–water partition coefficient (Wildman–Crippen LogP) is 1.88. The van der Waals surface area contributed by atoms with Gasteiger partial charge in [-0.1, -0.05) is 24.3 Å². The molecule has 5 nitrogen and oxygen atoms in total. The fourth-order valence-electron chi connectivity index (χ4n) is 1.65. The molecule has 0 aliphatic rings. The van der Waals surface area contributed by atoms with E-state index in [1.807, 2.05) is 0 Å². The SMILES string of the molecule is O=P(=O)c1cccc2cccc(S(=O)(=O)O)c12. The Bertz CT molecular complexity index is 748. The van der Waals surface area contributed by atoms with Crippen LogP contribution in [0.3, 0.4) is 0 Å². The van der Waals surface area contributed by atoms with Gasteiger partial charge in [0.05, 0.1) is 5.30 Å². The first-order chi connectivity index (χ1) is 7.91. The maximum atomic E-state index is 11.2. The molecule has 0 amide bonds. The lowest BCUT2D eigenvalue weighted by Gasteiger charge is -2.04. The Morgan fingerprint density at radius 1 is 1.00 bits per heavy atom. The maximum absolute atomic E-state index is 11.2. The van der Waals surface area contributed by atoms with E-state index in [9.17, 15) is 17.5 Å². The number of benzene rings is 2. The van der Waals surface area contributed by atoms with Gasteiger partial charge >= 0.3 is 7.68 Å². The van der Waals surface area contributed by atoms with Gasteiger partial charge in [0, 0.05) is 5.39 Å².